The summed E-state index contributed by atoms with van der Waals surface area (Å²) in [7, 11) is 0. The van der Waals surface area contributed by atoms with E-state index in [1.165, 1.54) is 11.1 Å². The lowest BCUT2D eigenvalue weighted by molar-refractivity contribution is 0.791. The van der Waals surface area contributed by atoms with Crippen molar-refractivity contribution >= 4 is 0 Å². The molecule has 0 aliphatic heterocycles. The zero-order valence-corrected chi connectivity index (χ0v) is 18.7. The molecule has 0 amide bonds. The molecular weight excluding hydrogens is 406 g/mol. The SMILES string of the molecule is CCCCc1cc(-c2nc(-c3ccc(C#N)cc3)nc(-c3ccc(C#N)cc3)n2)ccc1C. The van der Waals surface area contributed by atoms with E-state index in [9.17, 15) is 0 Å². The first-order chi connectivity index (χ1) is 16.1. The number of hydrogen-bond acceptors (Lipinski definition) is 5. The van der Waals surface area contributed by atoms with Gasteiger partial charge in [0.1, 0.15) is 0 Å². The van der Waals surface area contributed by atoms with E-state index >= 15 is 0 Å². The van der Waals surface area contributed by atoms with Crippen LogP contribution in [0.25, 0.3) is 34.2 Å². The third kappa shape index (κ3) is 4.95. The first-order valence-electron chi connectivity index (χ1n) is 11.0. The molecule has 5 nitrogen and oxygen atoms in total. The molecule has 0 N–H and O–H groups in total. The quantitative estimate of drug-likeness (QED) is 0.361. The second kappa shape index (κ2) is 9.85. The second-order valence-corrected chi connectivity index (χ2v) is 7.93. The molecule has 3 aromatic carbocycles. The lowest BCUT2D eigenvalue weighted by Crippen LogP contribution is -2.01. The van der Waals surface area contributed by atoms with Crippen molar-refractivity contribution in [3.63, 3.8) is 0 Å². The zero-order chi connectivity index (χ0) is 23.2. The van der Waals surface area contributed by atoms with Crippen molar-refractivity contribution in [3.05, 3.63) is 89.0 Å². The predicted molar refractivity (Wildman–Crippen MR) is 129 cm³/mol. The van der Waals surface area contributed by atoms with E-state index in [1.54, 1.807) is 24.3 Å². The van der Waals surface area contributed by atoms with Gasteiger partial charge >= 0.3 is 0 Å². The zero-order valence-electron chi connectivity index (χ0n) is 18.7. The van der Waals surface area contributed by atoms with Gasteiger partial charge in [-0.3, -0.25) is 0 Å². The van der Waals surface area contributed by atoms with Crippen LogP contribution in [-0.4, -0.2) is 15.0 Å². The predicted octanol–water partition coefficient (Wildman–Crippen LogP) is 6.27. The molecule has 0 unspecified atom stereocenters. The van der Waals surface area contributed by atoms with Crippen LogP contribution in [0.15, 0.2) is 66.7 Å². The third-order valence-electron chi connectivity index (χ3n) is 5.59. The summed E-state index contributed by atoms with van der Waals surface area (Å²) in [5.74, 6) is 1.68. The number of unbranched alkanes of at least 4 members (excludes halogenated alkanes) is 1. The minimum Gasteiger partial charge on any atom is -0.208 e. The highest BCUT2D eigenvalue weighted by atomic mass is 15.0. The Morgan fingerprint density at radius 2 is 1.12 bits per heavy atom. The molecule has 1 aromatic heterocycles. The van der Waals surface area contributed by atoms with E-state index in [4.69, 9.17) is 25.5 Å². The molecule has 5 heteroatoms. The van der Waals surface area contributed by atoms with Crippen molar-refractivity contribution in [2.75, 3.05) is 0 Å². The second-order valence-electron chi connectivity index (χ2n) is 7.93. The molecule has 0 aliphatic carbocycles. The smallest absolute Gasteiger partial charge is 0.164 e. The van der Waals surface area contributed by atoms with E-state index in [0.717, 1.165) is 36.0 Å². The summed E-state index contributed by atoms with van der Waals surface area (Å²) in [6.07, 6.45) is 3.29. The molecule has 4 aromatic rings. The van der Waals surface area contributed by atoms with Crippen LogP contribution < -0.4 is 0 Å². The van der Waals surface area contributed by atoms with Crippen LogP contribution in [0.5, 0.6) is 0 Å². The highest BCUT2D eigenvalue weighted by molar-refractivity contribution is 5.67. The highest BCUT2D eigenvalue weighted by Crippen LogP contribution is 2.27. The van der Waals surface area contributed by atoms with Gasteiger partial charge in [-0.15, -0.1) is 0 Å². The van der Waals surface area contributed by atoms with Crippen molar-refractivity contribution in [3.8, 4) is 46.3 Å². The number of rotatable bonds is 6. The molecule has 0 bridgehead atoms. The highest BCUT2D eigenvalue weighted by Gasteiger charge is 2.13. The molecule has 0 saturated heterocycles. The average Bonchev–Trinajstić information content (AvgIpc) is 2.88. The molecule has 0 spiro atoms. The maximum atomic E-state index is 9.12. The molecule has 0 aliphatic rings. The van der Waals surface area contributed by atoms with E-state index in [-0.39, 0.29) is 0 Å². The van der Waals surface area contributed by atoms with E-state index in [2.05, 4.69) is 38.1 Å². The summed E-state index contributed by atoms with van der Waals surface area (Å²) in [4.78, 5) is 14.3. The molecule has 0 radical (unpaired) electrons. The summed E-state index contributed by atoms with van der Waals surface area (Å²) in [6.45, 7) is 4.32. The normalized spacial score (nSPS) is 10.4. The van der Waals surface area contributed by atoms with Gasteiger partial charge in [0.05, 0.1) is 23.3 Å². The monoisotopic (exact) mass is 429 g/mol. The Labute approximate surface area is 194 Å². The molecule has 4 rings (SSSR count). The summed E-state index contributed by atoms with van der Waals surface area (Å²) < 4.78 is 0. The van der Waals surface area contributed by atoms with Gasteiger partial charge in [0.15, 0.2) is 17.5 Å². The Bertz CT molecular complexity index is 1280. The minimum absolute atomic E-state index is 0.541. The number of aromatic nitrogens is 3. The van der Waals surface area contributed by atoms with Gasteiger partial charge in [-0.2, -0.15) is 10.5 Å². The average molecular weight is 430 g/mol. The largest absolute Gasteiger partial charge is 0.208 e. The van der Waals surface area contributed by atoms with Gasteiger partial charge in [-0.05, 0) is 85.5 Å². The summed E-state index contributed by atoms with van der Waals surface area (Å²) >= 11 is 0. The van der Waals surface area contributed by atoms with E-state index in [0.29, 0.717) is 28.6 Å². The molecule has 0 atom stereocenters. The molecule has 33 heavy (non-hydrogen) atoms. The minimum atomic E-state index is 0.541. The Kier molecular flexibility index (Phi) is 6.53. The van der Waals surface area contributed by atoms with Crippen molar-refractivity contribution in [1.82, 2.24) is 15.0 Å². The number of hydrogen-bond donors (Lipinski definition) is 0. The Balaban J connectivity index is 1.85. The number of aryl methyl sites for hydroxylation is 2. The Hall–Kier alpha value is -4.35. The fraction of sp³-hybridized carbons (Fsp3) is 0.179. The maximum Gasteiger partial charge on any atom is 0.164 e. The van der Waals surface area contributed by atoms with Crippen LogP contribution in [0.4, 0.5) is 0 Å². The topological polar surface area (TPSA) is 86.2 Å². The first kappa shape index (κ1) is 21.9. The van der Waals surface area contributed by atoms with Gasteiger partial charge in [-0.1, -0.05) is 25.5 Å². The number of benzene rings is 3. The lowest BCUT2D eigenvalue weighted by Gasteiger charge is -2.11. The van der Waals surface area contributed by atoms with Crippen LogP contribution in [0, 0.1) is 29.6 Å². The molecular formula is C28H23N5. The Morgan fingerprint density at radius 1 is 0.667 bits per heavy atom. The summed E-state index contributed by atoms with van der Waals surface area (Å²) in [6, 6.07) is 25.0. The van der Waals surface area contributed by atoms with Crippen molar-refractivity contribution in [2.24, 2.45) is 0 Å². The van der Waals surface area contributed by atoms with Crippen molar-refractivity contribution in [2.45, 2.75) is 33.1 Å². The van der Waals surface area contributed by atoms with Gasteiger partial charge in [0.25, 0.3) is 0 Å². The van der Waals surface area contributed by atoms with Gasteiger partial charge in [-0.25, -0.2) is 15.0 Å². The number of nitriles is 2. The van der Waals surface area contributed by atoms with Crippen LogP contribution in [0.1, 0.15) is 42.0 Å². The van der Waals surface area contributed by atoms with Crippen LogP contribution in [0.2, 0.25) is 0 Å². The maximum absolute atomic E-state index is 9.12. The van der Waals surface area contributed by atoms with Gasteiger partial charge in [0, 0.05) is 16.7 Å². The Morgan fingerprint density at radius 3 is 1.58 bits per heavy atom. The summed E-state index contributed by atoms with van der Waals surface area (Å²) in [5.41, 5.74) is 6.30. The van der Waals surface area contributed by atoms with Gasteiger partial charge in [0.2, 0.25) is 0 Å². The molecule has 0 fully saturated rings. The van der Waals surface area contributed by atoms with E-state index in [1.807, 2.05) is 30.3 Å². The lowest BCUT2D eigenvalue weighted by atomic mass is 10.00. The van der Waals surface area contributed by atoms with Crippen molar-refractivity contribution < 1.29 is 0 Å². The van der Waals surface area contributed by atoms with E-state index < -0.39 is 0 Å². The van der Waals surface area contributed by atoms with Crippen LogP contribution in [0.3, 0.4) is 0 Å². The fourth-order valence-corrected chi connectivity index (χ4v) is 3.60. The van der Waals surface area contributed by atoms with Gasteiger partial charge < -0.3 is 0 Å². The summed E-state index contributed by atoms with van der Waals surface area (Å²) in [5, 5.41) is 18.2. The molecule has 160 valence electrons. The molecule has 1 heterocycles. The van der Waals surface area contributed by atoms with Crippen LogP contribution >= 0.6 is 0 Å². The fourth-order valence-electron chi connectivity index (χ4n) is 3.60. The van der Waals surface area contributed by atoms with Crippen molar-refractivity contribution in [1.29, 1.82) is 10.5 Å². The number of nitrogens with zero attached hydrogens (tertiary/aromatic N) is 5. The molecule has 0 saturated carbocycles. The third-order valence-corrected chi connectivity index (χ3v) is 5.59. The van der Waals surface area contributed by atoms with Crippen LogP contribution in [-0.2, 0) is 6.42 Å². The standard InChI is InChI=1S/C28H23N5/c1-3-4-5-24-16-25(11-6-19(24)2)28-32-26(22-12-7-20(17-29)8-13-22)31-27(33-28)23-14-9-21(18-30)10-15-23/h6-16H,3-5H2,1-2H3. The first-order valence-corrected chi connectivity index (χ1v) is 11.0.